The quantitative estimate of drug-likeness (QED) is 0.603. The average molecular weight is 364 g/mol. The van der Waals surface area contributed by atoms with Crippen LogP contribution in [0.5, 0.6) is 0 Å². The fourth-order valence-electron chi connectivity index (χ4n) is 1.20. The highest BCUT2D eigenvalue weighted by Crippen LogP contribution is 2.13. The fraction of sp³-hybridized carbons (Fsp3) is 0.417. The number of hydrogen-bond donors (Lipinski definition) is 2. The van der Waals surface area contributed by atoms with Crippen LogP contribution < -0.4 is 11.1 Å². The van der Waals surface area contributed by atoms with Crippen LogP contribution in [0.1, 0.15) is 13.3 Å². The monoisotopic (exact) mass is 364 g/mol. The molecule has 0 aliphatic heterocycles. The Morgan fingerprint density at radius 1 is 1.59 bits per heavy atom. The molecule has 5 heteroatoms. The molecule has 1 atom stereocenters. The van der Waals surface area contributed by atoms with E-state index in [4.69, 9.17) is 5.73 Å². The average Bonchev–Trinajstić information content (AvgIpc) is 2.24. The van der Waals surface area contributed by atoms with E-state index in [-0.39, 0.29) is 11.9 Å². The largest absolute Gasteiger partial charge is 0.328 e. The number of benzene rings is 1. The molecule has 3 nitrogen and oxygen atoms in total. The van der Waals surface area contributed by atoms with E-state index < -0.39 is 0 Å². The lowest BCUT2D eigenvalue weighted by Gasteiger charge is -2.06. The maximum absolute atomic E-state index is 11.6. The van der Waals surface area contributed by atoms with Gasteiger partial charge >= 0.3 is 0 Å². The van der Waals surface area contributed by atoms with Crippen molar-refractivity contribution < 1.29 is 4.79 Å². The van der Waals surface area contributed by atoms with Gasteiger partial charge in [-0.05, 0) is 59.9 Å². The summed E-state index contributed by atoms with van der Waals surface area (Å²) in [5.41, 5.74) is 6.49. The van der Waals surface area contributed by atoms with E-state index in [9.17, 15) is 4.79 Å². The molecule has 94 valence electrons. The van der Waals surface area contributed by atoms with E-state index in [1.165, 1.54) is 0 Å². The summed E-state index contributed by atoms with van der Waals surface area (Å²) >= 11 is 3.84. The molecule has 3 N–H and O–H groups in total. The molecule has 1 aromatic carbocycles. The van der Waals surface area contributed by atoms with E-state index in [0.29, 0.717) is 5.75 Å². The highest BCUT2D eigenvalue weighted by molar-refractivity contribution is 14.1. The van der Waals surface area contributed by atoms with Gasteiger partial charge in [0.2, 0.25) is 5.91 Å². The van der Waals surface area contributed by atoms with Crippen molar-refractivity contribution in [1.29, 1.82) is 0 Å². The zero-order valence-corrected chi connectivity index (χ0v) is 12.8. The number of anilines is 1. The summed E-state index contributed by atoms with van der Waals surface area (Å²) in [6.45, 7) is 1.98. The Kier molecular flexibility index (Phi) is 6.91. The van der Waals surface area contributed by atoms with E-state index >= 15 is 0 Å². The van der Waals surface area contributed by atoms with Crippen LogP contribution in [-0.2, 0) is 4.79 Å². The first-order valence-corrected chi connectivity index (χ1v) is 7.70. The summed E-state index contributed by atoms with van der Waals surface area (Å²) < 4.78 is 1.12. The van der Waals surface area contributed by atoms with Crippen molar-refractivity contribution in [3.05, 3.63) is 27.8 Å². The zero-order chi connectivity index (χ0) is 12.7. The lowest BCUT2D eigenvalue weighted by molar-refractivity contribution is -0.113. The third kappa shape index (κ3) is 6.90. The Labute approximate surface area is 120 Å². The molecule has 0 bridgehead atoms. The number of halogens is 1. The van der Waals surface area contributed by atoms with E-state index in [2.05, 4.69) is 27.9 Å². The second kappa shape index (κ2) is 7.94. The van der Waals surface area contributed by atoms with E-state index in [1.54, 1.807) is 11.8 Å². The number of nitrogens with two attached hydrogens (primary N) is 1. The van der Waals surface area contributed by atoms with Gasteiger partial charge in [0.25, 0.3) is 0 Å². The molecule has 1 unspecified atom stereocenters. The minimum absolute atomic E-state index is 0.0432. The van der Waals surface area contributed by atoms with Gasteiger partial charge in [0, 0.05) is 15.3 Å². The Bertz CT molecular complexity index is 371. The van der Waals surface area contributed by atoms with Crippen LogP contribution in [0.2, 0.25) is 0 Å². The summed E-state index contributed by atoms with van der Waals surface area (Å²) in [6.07, 6.45) is 0.946. The highest BCUT2D eigenvalue weighted by Gasteiger charge is 2.03. The summed E-state index contributed by atoms with van der Waals surface area (Å²) in [5.74, 6) is 1.46. The highest BCUT2D eigenvalue weighted by atomic mass is 127. The van der Waals surface area contributed by atoms with Crippen molar-refractivity contribution in [2.75, 3.05) is 16.8 Å². The SMILES string of the molecule is CC(N)CCSCC(=O)Nc1cccc(I)c1. The van der Waals surface area contributed by atoms with Crippen LogP contribution in [-0.4, -0.2) is 23.5 Å². The van der Waals surface area contributed by atoms with Crippen molar-refractivity contribution in [3.8, 4) is 0 Å². The van der Waals surface area contributed by atoms with Gasteiger partial charge in [0.15, 0.2) is 0 Å². The maximum atomic E-state index is 11.6. The molecule has 0 aromatic heterocycles. The summed E-state index contributed by atoms with van der Waals surface area (Å²) in [7, 11) is 0. The van der Waals surface area contributed by atoms with Gasteiger partial charge < -0.3 is 11.1 Å². The Morgan fingerprint density at radius 3 is 3.00 bits per heavy atom. The maximum Gasteiger partial charge on any atom is 0.234 e. The molecular formula is C12H17IN2OS. The van der Waals surface area contributed by atoms with Gasteiger partial charge in [-0.25, -0.2) is 0 Å². The standard InChI is InChI=1S/C12H17IN2OS/c1-9(14)5-6-17-8-12(16)15-11-4-2-3-10(13)7-11/h2-4,7,9H,5-6,8,14H2,1H3,(H,15,16). The van der Waals surface area contributed by atoms with Gasteiger partial charge in [0.05, 0.1) is 5.75 Å². The molecule has 0 heterocycles. The first kappa shape index (κ1) is 14.8. The summed E-state index contributed by atoms with van der Waals surface area (Å²) in [6, 6.07) is 7.98. The number of carbonyl (C=O) groups excluding carboxylic acids is 1. The molecule has 0 saturated heterocycles. The number of amides is 1. The van der Waals surface area contributed by atoms with Gasteiger partial charge in [-0.15, -0.1) is 0 Å². The molecule has 1 amide bonds. The molecule has 0 aliphatic carbocycles. The molecule has 1 aromatic rings. The molecular weight excluding hydrogens is 347 g/mol. The predicted octanol–water partition coefficient (Wildman–Crippen LogP) is 2.70. The Morgan fingerprint density at radius 2 is 2.35 bits per heavy atom. The number of nitrogens with one attached hydrogen (secondary N) is 1. The van der Waals surface area contributed by atoms with Gasteiger partial charge in [0.1, 0.15) is 0 Å². The fourth-order valence-corrected chi connectivity index (χ4v) is 2.68. The third-order valence-corrected chi connectivity index (χ3v) is 3.72. The predicted molar refractivity (Wildman–Crippen MR) is 83.4 cm³/mol. The van der Waals surface area contributed by atoms with Crippen LogP contribution in [0.25, 0.3) is 0 Å². The Balaban J connectivity index is 2.25. The van der Waals surface area contributed by atoms with Crippen LogP contribution >= 0.6 is 34.4 Å². The van der Waals surface area contributed by atoms with Crippen molar-refractivity contribution in [2.45, 2.75) is 19.4 Å². The first-order chi connectivity index (χ1) is 8.08. The number of hydrogen-bond acceptors (Lipinski definition) is 3. The van der Waals surface area contributed by atoms with Crippen LogP contribution in [0.4, 0.5) is 5.69 Å². The van der Waals surface area contributed by atoms with Gasteiger partial charge in [-0.3, -0.25) is 4.79 Å². The topological polar surface area (TPSA) is 55.1 Å². The molecule has 0 saturated carbocycles. The minimum atomic E-state index is 0.0432. The molecule has 17 heavy (non-hydrogen) atoms. The van der Waals surface area contributed by atoms with Gasteiger partial charge in [-0.2, -0.15) is 11.8 Å². The molecule has 1 rings (SSSR count). The number of carbonyl (C=O) groups is 1. The second-order valence-electron chi connectivity index (χ2n) is 3.88. The Hall–Kier alpha value is -0.270. The van der Waals surface area contributed by atoms with E-state index in [0.717, 1.165) is 21.4 Å². The summed E-state index contributed by atoms with van der Waals surface area (Å²) in [5, 5.41) is 2.88. The van der Waals surface area contributed by atoms with Crippen LogP contribution in [0.3, 0.4) is 0 Å². The number of thioether (sulfide) groups is 1. The lowest BCUT2D eigenvalue weighted by Crippen LogP contribution is -2.17. The molecule has 0 fully saturated rings. The molecule has 0 spiro atoms. The third-order valence-electron chi connectivity index (χ3n) is 2.06. The van der Waals surface area contributed by atoms with Crippen molar-refractivity contribution >= 4 is 45.9 Å². The minimum Gasteiger partial charge on any atom is -0.328 e. The zero-order valence-electron chi connectivity index (χ0n) is 9.78. The first-order valence-electron chi connectivity index (χ1n) is 5.46. The van der Waals surface area contributed by atoms with Crippen molar-refractivity contribution in [1.82, 2.24) is 0 Å². The van der Waals surface area contributed by atoms with Crippen LogP contribution in [0, 0.1) is 3.57 Å². The normalized spacial score (nSPS) is 12.2. The smallest absolute Gasteiger partial charge is 0.234 e. The van der Waals surface area contributed by atoms with Crippen molar-refractivity contribution in [3.63, 3.8) is 0 Å². The van der Waals surface area contributed by atoms with E-state index in [1.807, 2.05) is 31.2 Å². The second-order valence-corrected chi connectivity index (χ2v) is 6.23. The van der Waals surface area contributed by atoms with Crippen LogP contribution in [0.15, 0.2) is 24.3 Å². The van der Waals surface area contributed by atoms with Gasteiger partial charge in [-0.1, -0.05) is 6.07 Å². The summed E-state index contributed by atoms with van der Waals surface area (Å²) in [4.78, 5) is 11.6. The van der Waals surface area contributed by atoms with Crippen molar-refractivity contribution in [2.24, 2.45) is 5.73 Å². The number of rotatable bonds is 6. The lowest BCUT2D eigenvalue weighted by atomic mass is 10.3. The molecule has 0 radical (unpaired) electrons. The molecule has 0 aliphatic rings.